The molecule has 1 aromatic carbocycles. The summed E-state index contributed by atoms with van der Waals surface area (Å²) >= 11 is 0. The molecule has 4 aromatic rings. The number of hydrogen-bond donors (Lipinski definition) is 1. The van der Waals surface area contributed by atoms with Crippen LogP contribution < -0.4 is 5.32 Å². The van der Waals surface area contributed by atoms with Crippen LogP contribution in [0.3, 0.4) is 0 Å². The van der Waals surface area contributed by atoms with Gasteiger partial charge in [-0.3, -0.25) is 14.6 Å². The van der Waals surface area contributed by atoms with Gasteiger partial charge in [-0.1, -0.05) is 6.07 Å². The Morgan fingerprint density at radius 1 is 1.11 bits per heavy atom. The fourth-order valence-corrected chi connectivity index (χ4v) is 4.01. The molecule has 2 amide bonds. The molecule has 0 radical (unpaired) electrons. The van der Waals surface area contributed by atoms with E-state index in [2.05, 4.69) is 15.4 Å². The van der Waals surface area contributed by atoms with Crippen molar-refractivity contribution in [1.29, 1.82) is 0 Å². The van der Waals surface area contributed by atoms with Crippen molar-refractivity contribution in [2.75, 3.05) is 18.5 Å². The van der Waals surface area contributed by atoms with E-state index in [1.165, 1.54) is 12.5 Å². The standard InChI is InChI=1S/C26H25N5O4/c32-25(20-10-13-34-18-20)29-22-14-28-31(16-22)23-8-6-19(7-9-23)26(33)30(17-24-5-3-12-35-24)15-21-4-1-2-11-27-21/h1-2,4,6-11,13-14,16,18,24H,3,5,12,15,17H2,(H,29,32)/t24-/m0/s1. The normalized spacial score (nSPS) is 15.1. The molecule has 1 N–H and O–H groups in total. The number of aromatic nitrogens is 3. The fourth-order valence-electron chi connectivity index (χ4n) is 4.01. The number of carbonyl (C=O) groups is 2. The zero-order valence-corrected chi connectivity index (χ0v) is 19.0. The van der Waals surface area contributed by atoms with E-state index in [0.717, 1.165) is 30.8 Å². The third kappa shape index (κ3) is 5.47. The molecule has 0 saturated carbocycles. The molecule has 0 unspecified atom stereocenters. The van der Waals surface area contributed by atoms with E-state index in [1.807, 2.05) is 30.3 Å². The van der Waals surface area contributed by atoms with Gasteiger partial charge in [0.25, 0.3) is 11.8 Å². The molecule has 0 bridgehead atoms. The van der Waals surface area contributed by atoms with Crippen LogP contribution in [0.5, 0.6) is 0 Å². The van der Waals surface area contributed by atoms with Crippen molar-refractivity contribution in [3.05, 3.63) is 96.5 Å². The number of carbonyl (C=O) groups excluding carboxylic acids is 2. The minimum atomic E-state index is -0.279. The maximum Gasteiger partial charge on any atom is 0.259 e. The molecule has 1 atom stereocenters. The third-order valence-electron chi connectivity index (χ3n) is 5.82. The highest BCUT2D eigenvalue weighted by Gasteiger charge is 2.24. The highest BCUT2D eigenvalue weighted by atomic mass is 16.5. The van der Waals surface area contributed by atoms with Crippen LogP contribution in [0.15, 0.2) is 84.1 Å². The van der Waals surface area contributed by atoms with E-state index in [0.29, 0.717) is 29.9 Å². The van der Waals surface area contributed by atoms with Crippen LogP contribution in [0.4, 0.5) is 5.69 Å². The Hall–Kier alpha value is -4.24. The van der Waals surface area contributed by atoms with Crippen LogP contribution >= 0.6 is 0 Å². The largest absolute Gasteiger partial charge is 0.472 e. The fraction of sp³-hybridized carbons (Fsp3) is 0.231. The Kier molecular flexibility index (Phi) is 6.67. The number of rotatable bonds is 8. The summed E-state index contributed by atoms with van der Waals surface area (Å²) in [5.41, 5.74) is 3.15. The van der Waals surface area contributed by atoms with Gasteiger partial charge in [0.2, 0.25) is 0 Å². The number of ether oxygens (including phenoxy) is 1. The van der Waals surface area contributed by atoms with E-state index in [4.69, 9.17) is 9.15 Å². The van der Waals surface area contributed by atoms with Gasteiger partial charge in [0.1, 0.15) is 6.26 Å². The van der Waals surface area contributed by atoms with Crippen molar-refractivity contribution in [2.24, 2.45) is 0 Å². The van der Waals surface area contributed by atoms with Gasteiger partial charge in [-0.05, 0) is 55.3 Å². The second-order valence-corrected chi connectivity index (χ2v) is 8.33. The molecule has 5 rings (SSSR count). The summed E-state index contributed by atoms with van der Waals surface area (Å²) in [6.45, 7) is 1.68. The zero-order chi connectivity index (χ0) is 24.0. The lowest BCUT2D eigenvalue weighted by atomic mass is 10.1. The van der Waals surface area contributed by atoms with Gasteiger partial charge in [0.15, 0.2) is 0 Å². The Balaban J connectivity index is 1.28. The molecule has 9 nitrogen and oxygen atoms in total. The molecule has 1 saturated heterocycles. The molecular weight excluding hydrogens is 446 g/mol. The predicted octanol–water partition coefficient (Wildman–Crippen LogP) is 3.93. The first-order valence-electron chi connectivity index (χ1n) is 11.5. The smallest absolute Gasteiger partial charge is 0.259 e. The van der Waals surface area contributed by atoms with Gasteiger partial charge < -0.3 is 19.4 Å². The molecule has 35 heavy (non-hydrogen) atoms. The number of benzene rings is 1. The minimum Gasteiger partial charge on any atom is -0.472 e. The number of nitrogens with one attached hydrogen (secondary N) is 1. The Morgan fingerprint density at radius 3 is 2.71 bits per heavy atom. The second kappa shape index (κ2) is 10.4. The lowest BCUT2D eigenvalue weighted by molar-refractivity contribution is 0.0504. The lowest BCUT2D eigenvalue weighted by Crippen LogP contribution is -2.37. The van der Waals surface area contributed by atoms with Crippen molar-refractivity contribution >= 4 is 17.5 Å². The summed E-state index contributed by atoms with van der Waals surface area (Å²) in [5.74, 6) is -0.357. The summed E-state index contributed by atoms with van der Waals surface area (Å²) < 4.78 is 12.4. The van der Waals surface area contributed by atoms with Crippen molar-refractivity contribution in [2.45, 2.75) is 25.5 Å². The van der Waals surface area contributed by atoms with Crippen LogP contribution in [-0.4, -0.2) is 50.7 Å². The van der Waals surface area contributed by atoms with E-state index < -0.39 is 0 Å². The predicted molar refractivity (Wildman–Crippen MR) is 128 cm³/mol. The van der Waals surface area contributed by atoms with E-state index in [9.17, 15) is 9.59 Å². The van der Waals surface area contributed by atoms with Crippen molar-refractivity contribution < 1.29 is 18.7 Å². The molecule has 1 aliphatic heterocycles. The van der Waals surface area contributed by atoms with Crippen LogP contribution in [0.2, 0.25) is 0 Å². The summed E-state index contributed by atoms with van der Waals surface area (Å²) in [5, 5.41) is 7.09. The number of furan rings is 1. The molecule has 0 aliphatic carbocycles. The molecule has 0 spiro atoms. The summed E-state index contributed by atoms with van der Waals surface area (Å²) in [6.07, 6.45) is 9.83. The van der Waals surface area contributed by atoms with Crippen molar-refractivity contribution in [3.8, 4) is 5.69 Å². The van der Waals surface area contributed by atoms with Crippen LogP contribution in [0.25, 0.3) is 5.69 Å². The van der Waals surface area contributed by atoms with Crippen LogP contribution in [0, 0.1) is 0 Å². The first kappa shape index (κ1) is 22.5. The first-order chi connectivity index (χ1) is 17.2. The number of hydrogen-bond acceptors (Lipinski definition) is 6. The average molecular weight is 472 g/mol. The van der Waals surface area contributed by atoms with Crippen molar-refractivity contribution in [1.82, 2.24) is 19.7 Å². The molecule has 4 heterocycles. The number of pyridine rings is 1. The first-order valence-corrected chi connectivity index (χ1v) is 11.5. The Labute approximate surface area is 202 Å². The van der Waals surface area contributed by atoms with E-state index in [-0.39, 0.29) is 17.9 Å². The lowest BCUT2D eigenvalue weighted by Gasteiger charge is -2.25. The van der Waals surface area contributed by atoms with Crippen molar-refractivity contribution in [3.63, 3.8) is 0 Å². The summed E-state index contributed by atoms with van der Waals surface area (Å²) in [6, 6.07) is 14.5. The molecule has 1 aliphatic rings. The third-order valence-corrected chi connectivity index (χ3v) is 5.82. The Morgan fingerprint density at radius 2 is 2.00 bits per heavy atom. The zero-order valence-electron chi connectivity index (χ0n) is 19.0. The average Bonchev–Trinajstić information content (AvgIpc) is 3.67. The van der Waals surface area contributed by atoms with Crippen LogP contribution in [-0.2, 0) is 11.3 Å². The minimum absolute atomic E-state index is 0.0432. The second-order valence-electron chi connectivity index (χ2n) is 8.33. The van der Waals surface area contributed by atoms with E-state index in [1.54, 1.807) is 46.4 Å². The number of amides is 2. The van der Waals surface area contributed by atoms with Gasteiger partial charge >= 0.3 is 0 Å². The molecule has 3 aromatic heterocycles. The van der Waals surface area contributed by atoms with Gasteiger partial charge in [-0.2, -0.15) is 5.10 Å². The van der Waals surface area contributed by atoms with Gasteiger partial charge in [0, 0.05) is 24.9 Å². The van der Waals surface area contributed by atoms with Gasteiger partial charge in [-0.15, -0.1) is 0 Å². The Bertz CT molecular complexity index is 1260. The summed E-state index contributed by atoms with van der Waals surface area (Å²) in [4.78, 5) is 31.8. The number of nitrogens with zero attached hydrogens (tertiary/aromatic N) is 4. The molecule has 9 heteroatoms. The monoisotopic (exact) mass is 471 g/mol. The number of anilines is 1. The SMILES string of the molecule is O=C(Nc1cnn(-c2ccc(C(=O)N(Cc3ccccn3)C[C@@H]3CCCO3)cc2)c1)c1ccoc1. The summed E-state index contributed by atoms with van der Waals surface area (Å²) in [7, 11) is 0. The van der Waals surface area contributed by atoms with Gasteiger partial charge in [0.05, 0.1) is 53.9 Å². The van der Waals surface area contributed by atoms with E-state index >= 15 is 0 Å². The molecule has 1 fully saturated rings. The highest BCUT2D eigenvalue weighted by Crippen LogP contribution is 2.19. The highest BCUT2D eigenvalue weighted by molar-refractivity contribution is 6.03. The molecule has 178 valence electrons. The van der Waals surface area contributed by atoms with Crippen LogP contribution in [0.1, 0.15) is 39.3 Å². The maximum atomic E-state index is 13.4. The maximum absolute atomic E-state index is 13.4. The quantitative estimate of drug-likeness (QED) is 0.418. The van der Waals surface area contributed by atoms with Gasteiger partial charge in [-0.25, -0.2) is 4.68 Å². The molecular formula is C26H25N5O4. The topological polar surface area (TPSA) is 102 Å².